The molecule has 1 aliphatic rings. The van der Waals surface area contributed by atoms with Crippen LogP contribution >= 0.6 is 11.3 Å². The summed E-state index contributed by atoms with van der Waals surface area (Å²) in [4.78, 5) is 27.5. The summed E-state index contributed by atoms with van der Waals surface area (Å²) >= 11 is 1.57. The Bertz CT molecular complexity index is 802. The van der Waals surface area contributed by atoms with Gasteiger partial charge in [-0.2, -0.15) is 0 Å². The fourth-order valence-electron chi connectivity index (χ4n) is 3.25. The van der Waals surface area contributed by atoms with E-state index in [-0.39, 0.29) is 30.1 Å². The van der Waals surface area contributed by atoms with Crippen LogP contribution in [0.15, 0.2) is 29.6 Å². The van der Waals surface area contributed by atoms with Crippen LogP contribution in [0.3, 0.4) is 0 Å². The fraction of sp³-hybridized carbons (Fsp3) is 0.368. The lowest BCUT2D eigenvalue weighted by Crippen LogP contribution is -2.37. The molecule has 0 radical (unpaired) electrons. The van der Waals surface area contributed by atoms with Crippen LogP contribution in [0.5, 0.6) is 0 Å². The summed E-state index contributed by atoms with van der Waals surface area (Å²) in [7, 11) is 0. The molecule has 2 amide bonds. The van der Waals surface area contributed by atoms with Crippen LogP contribution in [0.4, 0.5) is 4.39 Å². The average Bonchev–Trinajstić information content (AvgIpc) is 3.10. The highest BCUT2D eigenvalue weighted by Gasteiger charge is 2.31. The third-order valence-electron chi connectivity index (χ3n) is 4.51. The molecule has 1 aliphatic heterocycles. The van der Waals surface area contributed by atoms with Gasteiger partial charge >= 0.3 is 0 Å². The Kier molecular flexibility index (Phi) is 5.18. The highest BCUT2D eigenvalue weighted by molar-refractivity contribution is 7.10. The molecule has 0 bridgehead atoms. The number of carbonyl (C=O) groups is 2. The average molecular weight is 360 g/mol. The molecular formula is C19H21FN2O2S. The predicted molar refractivity (Wildman–Crippen MR) is 96.1 cm³/mol. The summed E-state index contributed by atoms with van der Waals surface area (Å²) in [6.07, 6.45) is 1.10. The van der Waals surface area contributed by atoms with Crippen LogP contribution in [0, 0.1) is 12.7 Å². The maximum atomic E-state index is 13.3. The van der Waals surface area contributed by atoms with Crippen molar-refractivity contribution in [2.24, 2.45) is 0 Å². The third-order valence-corrected chi connectivity index (χ3v) is 5.47. The largest absolute Gasteiger partial charge is 0.347 e. The minimum Gasteiger partial charge on any atom is -0.347 e. The molecular weight excluding hydrogens is 339 g/mol. The third kappa shape index (κ3) is 3.90. The second-order valence-corrected chi connectivity index (χ2v) is 7.40. The number of halogens is 1. The minimum absolute atomic E-state index is 0.0215. The molecule has 6 heteroatoms. The molecule has 0 saturated carbocycles. The van der Waals surface area contributed by atoms with E-state index in [0.717, 1.165) is 22.4 Å². The summed E-state index contributed by atoms with van der Waals surface area (Å²) in [5.41, 5.74) is 2.53. The van der Waals surface area contributed by atoms with Gasteiger partial charge in [0.05, 0.1) is 11.6 Å². The smallest absolute Gasteiger partial charge is 0.252 e. The second-order valence-electron chi connectivity index (χ2n) is 6.32. The SMILES string of the molecule is CCc1c(C(=O)N[C@H]2CC(=O)N(Cc3cccc(F)c3)C2)csc1C. The molecule has 0 spiro atoms. The first kappa shape index (κ1) is 17.6. The Hall–Kier alpha value is -2.21. The molecule has 1 atom stereocenters. The number of carbonyl (C=O) groups excluding carboxylic acids is 2. The number of nitrogens with one attached hydrogen (secondary N) is 1. The van der Waals surface area contributed by atoms with Crippen molar-refractivity contribution in [1.82, 2.24) is 10.2 Å². The Morgan fingerprint density at radius 1 is 1.44 bits per heavy atom. The van der Waals surface area contributed by atoms with Crippen molar-refractivity contribution in [1.29, 1.82) is 0 Å². The molecule has 1 aromatic heterocycles. The summed E-state index contributed by atoms with van der Waals surface area (Å²) in [6, 6.07) is 6.03. The van der Waals surface area contributed by atoms with Crippen molar-refractivity contribution in [3.63, 3.8) is 0 Å². The highest BCUT2D eigenvalue weighted by atomic mass is 32.1. The van der Waals surface area contributed by atoms with Gasteiger partial charge in [0.25, 0.3) is 5.91 Å². The van der Waals surface area contributed by atoms with Gasteiger partial charge in [-0.3, -0.25) is 9.59 Å². The van der Waals surface area contributed by atoms with E-state index in [9.17, 15) is 14.0 Å². The Labute approximate surface area is 150 Å². The quantitative estimate of drug-likeness (QED) is 0.889. The van der Waals surface area contributed by atoms with Crippen LogP contribution < -0.4 is 5.32 Å². The van der Waals surface area contributed by atoms with E-state index in [1.165, 1.54) is 12.1 Å². The number of benzene rings is 1. The molecule has 132 valence electrons. The lowest BCUT2D eigenvalue weighted by molar-refractivity contribution is -0.128. The van der Waals surface area contributed by atoms with Crippen molar-refractivity contribution < 1.29 is 14.0 Å². The maximum Gasteiger partial charge on any atom is 0.252 e. The van der Waals surface area contributed by atoms with Crippen LogP contribution in [0.1, 0.15) is 39.7 Å². The molecule has 1 fully saturated rings. The minimum atomic E-state index is -0.311. The standard InChI is InChI=1S/C19H21FN2O2S/c1-3-16-12(2)25-11-17(16)19(24)21-15-8-18(23)22(10-15)9-13-5-4-6-14(20)7-13/h4-7,11,15H,3,8-10H2,1-2H3,(H,21,24)/t15-/m0/s1. The zero-order valence-corrected chi connectivity index (χ0v) is 15.2. The van der Waals surface area contributed by atoms with Crippen LogP contribution in [-0.2, 0) is 17.8 Å². The van der Waals surface area contributed by atoms with Crippen molar-refractivity contribution in [2.45, 2.75) is 39.3 Å². The molecule has 2 heterocycles. The number of hydrogen-bond acceptors (Lipinski definition) is 3. The molecule has 0 aliphatic carbocycles. The van der Waals surface area contributed by atoms with Gasteiger partial charge in [-0.1, -0.05) is 19.1 Å². The first-order valence-electron chi connectivity index (χ1n) is 8.38. The van der Waals surface area contributed by atoms with Gasteiger partial charge in [0.2, 0.25) is 5.91 Å². The van der Waals surface area contributed by atoms with E-state index >= 15 is 0 Å². The summed E-state index contributed by atoms with van der Waals surface area (Å²) in [5, 5.41) is 4.85. The number of likely N-dealkylation sites (tertiary alicyclic amines) is 1. The molecule has 25 heavy (non-hydrogen) atoms. The van der Waals surface area contributed by atoms with Gasteiger partial charge in [0, 0.05) is 29.8 Å². The first-order chi connectivity index (χ1) is 12.0. The second kappa shape index (κ2) is 7.35. The van der Waals surface area contributed by atoms with Crippen molar-refractivity contribution in [2.75, 3.05) is 6.54 Å². The predicted octanol–water partition coefficient (Wildman–Crippen LogP) is 3.29. The van der Waals surface area contributed by atoms with E-state index in [0.29, 0.717) is 18.7 Å². The Morgan fingerprint density at radius 2 is 2.24 bits per heavy atom. The molecule has 1 aromatic carbocycles. The van der Waals surface area contributed by atoms with Gasteiger partial charge < -0.3 is 10.2 Å². The van der Waals surface area contributed by atoms with Crippen LogP contribution in [-0.4, -0.2) is 29.3 Å². The summed E-state index contributed by atoms with van der Waals surface area (Å²) in [5.74, 6) is -0.452. The van der Waals surface area contributed by atoms with Gasteiger partial charge in [0.1, 0.15) is 5.82 Å². The molecule has 0 unspecified atom stereocenters. The number of hydrogen-bond donors (Lipinski definition) is 1. The van der Waals surface area contributed by atoms with E-state index in [2.05, 4.69) is 5.32 Å². The van der Waals surface area contributed by atoms with Crippen LogP contribution in [0.25, 0.3) is 0 Å². The van der Waals surface area contributed by atoms with Crippen molar-refractivity contribution >= 4 is 23.2 Å². The Balaban J connectivity index is 1.63. The van der Waals surface area contributed by atoms with Crippen LogP contribution in [0.2, 0.25) is 0 Å². The topological polar surface area (TPSA) is 49.4 Å². The first-order valence-corrected chi connectivity index (χ1v) is 9.26. The van der Waals surface area contributed by atoms with E-state index in [4.69, 9.17) is 0 Å². The van der Waals surface area contributed by atoms with Crippen molar-refractivity contribution in [3.05, 3.63) is 57.0 Å². The zero-order chi connectivity index (χ0) is 18.0. The van der Waals surface area contributed by atoms with E-state index in [1.54, 1.807) is 28.4 Å². The number of thiophene rings is 1. The van der Waals surface area contributed by atoms with Gasteiger partial charge in [-0.05, 0) is 36.6 Å². The molecule has 1 saturated heterocycles. The normalized spacial score (nSPS) is 17.2. The molecule has 3 rings (SSSR count). The summed E-state index contributed by atoms with van der Waals surface area (Å²) < 4.78 is 13.3. The Morgan fingerprint density at radius 3 is 2.96 bits per heavy atom. The fourth-order valence-corrected chi connectivity index (χ4v) is 4.19. The lowest BCUT2D eigenvalue weighted by atomic mass is 10.1. The van der Waals surface area contributed by atoms with Gasteiger partial charge in [-0.25, -0.2) is 4.39 Å². The van der Waals surface area contributed by atoms with Gasteiger partial charge in [-0.15, -0.1) is 11.3 Å². The lowest BCUT2D eigenvalue weighted by Gasteiger charge is -2.17. The highest BCUT2D eigenvalue weighted by Crippen LogP contribution is 2.23. The molecule has 4 nitrogen and oxygen atoms in total. The number of nitrogens with zero attached hydrogens (tertiary/aromatic N) is 1. The van der Waals surface area contributed by atoms with E-state index in [1.807, 2.05) is 19.2 Å². The number of aryl methyl sites for hydroxylation is 1. The summed E-state index contributed by atoms with van der Waals surface area (Å²) in [6.45, 7) is 4.86. The van der Waals surface area contributed by atoms with E-state index < -0.39 is 0 Å². The molecule has 2 aromatic rings. The maximum absolute atomic E-state index is 13.3. The zero-order valence-electron chi connectivity index (χ0n) is 14.3. The van der Waals surface area contributed by atoms with Gasteiger partial charge in [0.15, 0.2) is 0 Å². The number of amides is 2. The monoisotopic (exact) mass is 360 g/mol. The van der Waals surface area contributed by atoms with Crippen molar-refractivity contribution in [3.8, 4) is 0 Å². The number of rotatable bonds is 5. The molecule has 1 N–H and O–H groups in total.